The standard InChI is InChI=1S/C10H14N2O5/c1-5-2-6(10(15)9(14)4-13)7(11)3-8(5)12(16)17/h2-3,9-10,13-15H,4,11H2,1H3. The highest BCUT2D eigenvalue weighted by atomic mass is 16.6. The number of anilines is 1. The van der Waals surface area contributed by atoms with E-state index in [1.807, 2.05) is 0 Å². The number of aliphatic hydroxyl groups excluding tert-OH is 3. The molecule has 0 saturated heterocycles. The Balaban J connectivity index is 3.20. The third-order valence-electron chi connectivity index (χ3n) is 2.47. The number of hydrogen-bond acceptors (Lipinski definition) is 6. The Morgan fingerprint density at radius 1 is 1.47 bits per heavy atom. The van der Waals surface area contributed by atoms with Crippen molar-refractivity contribution in [1.82, 2.24) is 0 Å². The summed E-state index contributed by atoms with van der Waals surface area (Å²) in [6.45, 7) is 0.871. The summed E-state index contributed by atoms with van der Waals surface area (Å²) in [5.74, 6) is 0. The molecular weight excluding hydrogens is 228 g/mol. The van der Waals surface area contributed by atoms with E-state index < -0.39 is 23.7 Å². The van der Waals surface area contributed by atoms with Gasteiger partial charge in [0.1, 0.15) is 12.2 Å². The molecule has 0 aliphatic rings. The van der Waals surface area contributed by atoms with E-state index in [-0.39, 0.29) is 16.9 Å². The predicted octanol–water partition coefficient (Wildman–Crippen LogP) is -0.128. The van der Waals surface area contributed by atoms with Crippen molar-refractivity contribution in [3.05, 3.63) is 33.4 Å². The summed E-state index contributed by atoms with van der Waals surface area (Å²) in [7, 11) is 0. The van der Waals surface area contributed by atoms with Crippen molar-refractivity contribution < 1.29 is 20.2 Å². The van der Waals surface area contributed by atoms with Crippen LogP contribution in [0.25, 0.3) is 0 Å². The highest BCUT2D eigenvalue weighted by Crippen LogP contribution is 2.30. The third-order valence-corrected chi connectivity index (χ3v) is 2.47. The number of rotatable bonds is 4. The summed E-state index contributed by atoms with van der Waals surface area (Å²) in [5, 5.41) is 38.3. The van der Waals surface area contributed by atoms with Gasteiger partial charge in [-0.25, -0.2) is 0 Å². The first-order valence-electron chi connectivity index (χ1n) is 4.90. The van der Waals surface area contributed by atoms with Gasteiger partial charge in [-0.3, -0.25) is 10.1 Å². The second-order valence-corrected chi connectivity index (χ2v) is 3.72. The molecule has 5 N–H and O–H groups in total. The number of nitrogens with zero attached hydrogens (tertiary/aromatic N) is 1. The zero-order valence-electron chi connectivity index (χ0n) is 9.20. The smallest absolute Gasteiger partial charge is 0.274 e. The molecule has 0 aromatic heterocycles. The van der Waals surface area contributed by atoms with E-state index in [4.69, 9.17) is 10.8 Å². The van der Waals surface area contributed by atoms with Gasteiger partial charge in [0.15, 0.2) is 0 Å². The second-order valence-electron chi connectivity index (χ2n) is 3.72. The molecule has 0 bridgehead atoms. The maximum Gasteiger partial charge on any atom is 0.274 e. The number of nitro benzene ring substituents is 1. The highest BCUT2D eigenvalue weighted by molar-refractivity contribution is 5.58. The van der Waals surface area contributed by atoms with Crippen LogP contribution in [0, 0.1) is 17.0 Å². The zero-order chi connectivity index (χ0) is 13.2. The van der Waals surface area contributed by atoms with Crippen LogP contribution in [0.5, 0.6) is 0 Å². The number of nitro groups is 1. The molecule has 94 valence electrons. The maximum absolute atomic E-state index is 10.6. The van der Waals surface area contributed by atoms with E-state index in [0.717, 1.165) is 6.07 Å². The molecule has 7 heteroatoms. The molecule has 0 heterocycles. The van der Waals surface area contributed by atoms with Crippen molar-refractivity contribution in [3.8, 4) is 0 Å². The Hall–Kier alpha value is -1.70. The molecule has 1 aromatic carbocycles. The summed E-state index contributed by atoms with van der Waals surface area (Å²) in [4.78, 5) is 10.1. The molecule has 0 saturated carbocycles. The second kappa shape index (κ2) is 5.09. The van der Waals surface area contributed by atoms with Gasteiger partial charge in [-0.2, -0.15) is 0 Å². The van der Waals surface area contributed by atoms with E-state index in [9.17, 15) is 20.3 Å². The lowest BCUT2D eigenvalue weighted by atomic mass is 9.99. The fraction of sp³-hybridized carbons (Fsp3) is 0.400. The summed E-state index contributed by atoms with van der Waals surface area (Å²) in [6.07, 6.45) is -2.75. The SMILES string of the molecule is Cc1cc(C(O)C(O)CO)c(N)cc1[N+](=O)[O-]. The lowest BCUT2D eigenvalue weighted by Crippen LogP contribution is -2.23. The van der Waals surface area contributed by atoms with Crippen LogP contribution in [0.15, 0.2) is 12.1 Å². The average Bonchev–Trinajstić information content (AvgIpc) is 2.29. The lowest BCUT2D eigenvalue weighted by Gasteiger charge is -2.18. The van der Waals surface area contributed by atoms with E-state index in [1.165, 1.54) is 13.0 Å². The first-order valence-corrected chi connectivity index (χ1v) is 4.90. The fourth-order valence-corrected chi connectivity index (χ4v) is 1.49. The van der Waals surface area contributed by atoms with Gasteiger partial charge in [0.2, 0.25) is 0 Å². The molecule has 0 radical (unpaired) electrons. The van der Waals surface area contributed by atoms with Crippen LogP contribution in [0.1, 0.15) is 17.2 Å². The van der Waals surface area contributed by atoms with Crippen LogP contribution >= 0.6 is 0 Å². The molecule has 0 aliphatic heterocycles. The van der Waals surface area contributed by atoms with Gasteiger partial charge in [-0.05, 0) is 13.0 Å². The molecule has 2 unspecified atom stereocenters. The molecule has 0 fully saturated rings. The number of hydrogen-bond donors (Lipinski definition) is 4. The van der Waals surface area contributed by atoms with Crippen molar-refractivity contribution in [2.24, 2.45) is 0 Å². The van der Waals surface area contributed by atoms with Crippen LogP contribution in [0.4, 0.5) is 11.4 Å². The Morgan fingerprint density at radius 3 is 2.53 bits per heavy atom. The highest BCUT2D eigenvalue weighted by Gasteiger charge is 2.23. The number of benzene rings is 1. The quantitative estimate of drug-likeness (QED) is 0.330. The molecule has 0 aliphatic carbocycles. The van der Waals surface area contributed by atoms with Crippen LogP contribution in [0.3, 0.4) is 0 Å². The lowest BCUT2D eigenvalue weighted by molar-refractivity contribution is -0.385. The van der Waals surface area contributed by atoms with E-state index >= 15 is 0 Å². The summed E-state index contributed by atoms with van der Waals surface area (Å²) < 4.78 is 0. The van der Waals surface area contributed by atoms with Crippen molar-refractivity contribution in [2.75, 3.05) is 12.3 Å². The molecule has 2 atom stereocenters. The average molecular weight is 242 g/mol. The Kier molecular flexibility index (Phi) is 4.00. The first-order chi connectivity index (χ1) is 7.88. The zero-order valence-corrected chi connectivity index (χ0v) is 9.20. The fourth-order valence-electron chi connectivity index (χ4n) is 1.49. The van der Waals surface area contributed by atoms with Crippen LogP contribution < -0.4 is 5.73 Å². The monoisotopic (exact) mass is 242 g/mol. The van der Waals surface area contributed by atoms with Crippen LogP contribution in [0.2, 0.25) is 0 Å². The number of nitrogens with two attached hydrogens (primary N) is 1. The van der Waals surface area contributed by atoms with Gasteiger partial charge >= 0.3 is 0 Å². The van der Waals surface area contributed by atoms with Crippen molar-refractivity contribution >= 4 is 11.4 Å². The Morgan fingerprint density at radius 2 is 2.06 bits per heavy atom. The minimum Gasteiger partial charge on any atom is -0.398 e. The Bertz CT molecular complexity index is 435. The Labute approximate surface area is 97.3 Å². The van der Waals surface area contributed by atoms with Crippen LogP contribution in [-0.4, -0.2) is 33.0 Å². The van der Waals surface area contributed by atoms with Gasteiger partial charge in [0.25, 0.3) is 5.69 Å². The maximum atomic E-state index is 10.6. The molecule has 1 rings (SSSR count). The molecule has 17 heavy (non-hydrogen) atoms. The van der Waals surface area contributed by atoms with Gasteiger partial charge in [0, 0.05) is 22.9 Å². The number of aliphatic hydroxyl groups is 3. The van der Waals surface area contributed by atoms with E-state index in [2.05, 4.69) is 0 Å². The summed E-state index contributed by atoms with van der Waals surface area (Å²) in [5.41, 5.74) is 5.90. The summed E-state index contributed by atoms with van der Waals surface area (Å²) >= 11 is 0. The van der Waals surface area contributed by atoms with Crippen molar-refractivity contribution in [1.29, 1.82) is 0 Å². The summed E-state index contributed by atoms with van der Waals surface area (Å²) in [6, 6.07) is 2.45. The van der Waals surface area contributed by atoms with E-state index in [0.29, 0.717) is 5.56 Å². The third kappa shape index (κ3) is 2.70. The van der Waals surface area contributed by atoms with Gasteiger partial charge < -0.3 is 21.1 Å². The molecule has 0 amide bonds. The van der Waals surface area contributed by atoms with Gasteiger partial charge in [-0.15, -0.1) is 0 Å². The van der Waals surface area contributed by atoms with Crippen molar-refractivity contribution in [2.45, 2.75) is 19.1 Å². The van der Waals surface area contributed by atoms with Gasteiger partial charge in [0.05, 0.1) is 11.5 Å². The van der Waals surface area contributed by atoms with Crippen molar-refractivity contribution in [3.63, 3.8) is 0 Å². The minimum absolute atomic E-state index is 0.00213. The van der Waals surface area contributed by atoms with E-state index in [1.54, 1.807) is 0 Å². The normalized spacial score (nSPS) is 14.4. The first kappa shape index (κ1) is 13.4. The van der Waals surface area contributed by atoms with Gasteiger partial charge in [-0.1, -0.05) is 0 Å². The molecule has 0 spiro atoms. The molecular formula is C10H14N2O5. The molecule has 1 aromatic rings. The number of nitrogen functional groups attached to an aromatic ring is 1. The topological polar surface area (TPSA) is 130 Å². The largest absolute Gasteiger partial charge is 0.398 e. The van der Waals surface area contributed by atoms with Crippen LogP contribution in [-0.2, 0) is 0 Å². The predicted molar refractivity (Wildman–Crippen MR) is 60.3 cm³/mol. The number of aryl methyl sites for hydroxylation is 1. The molecule has 7 nitrogen and oxygen atoms in total. The minimum atomic E-state index is -1.38.